The Hall–Kier alpha value is -1.09. The average molecular weight is 153 g/mol. The van der Waals surface area contributed by atoms with Gasteiger partial charge >= 0.3 is 0 Å². The predicted octanol–water partition coefficient (Wildman–Crippen LogP) is 1.40. The van der Waals surface area contributed by atoms with E-state index >= 15 is 0 Å². The summed E-state index contributed by atoms with van der Waals surface area (Å²) in [6.45, 7) is 3.34. The van der Waals surface area contributed by atoms with E-state index in [0.29, 0.717) is 5.56 Å². The zero-order valence-corrected chi connectivity index (χ0v) is 6.15. The van der Waals surface area contributed by atoms with Gasteiger partial charge in [-0.25, -0.2) is 0 Å². The van der Waals surface area contributed by atoms with Crippen LogP contribution in [0.1, 0.15) is 10.4 Å². The molecule has 3 heteroatoms. The van der Waals surface area contributed by atoms with Crippen molar-refractivity contribution >= 4 is 17.1 Å². The monoisotopic (exact) mass is 153 g/mol. The topological polar surface area (TPSA) is 43.1 Å². The number of ketones is 1. The second-order valence-corrected chi connectivity index (χ2v) is 2.65. The fourth-order valence-corrected chi connectivity index (χ4v) is 1.22. The summed E-state index contributed by atoms with van der Waals surface area (Å²) in [5.74, 6) is -0.179. The Bertz CT molecular complexity index is 251. The van der Waals surface area contributed by atoms with Gasteiger partial charge in [0.15, 0.2) is 0 Å². The van der Waals surface area contributed by atoms with Crippen LogP contribution in [0.15, 0.2) is 29.1 Å². The van der Waals surface area contributed by atoms with Crippen LogP contribution < -0.4 is 5.73 Å². The molecule has 0 aliphatic heterocycles. The zero-order valence-electron chi connectivity index (χ0n) is 5.33. The SMILES string of the molecule is C=C(N)C(=O)c1ccsc1. The van der Waals surface area contributed by atoms with Gasteiger partial charge in [-0.2, -0.15) is 11.3 Å². The first kappa shape index (κ1) is 7.02. The summed E-state index contributed by atoms with van der Waals surface area (Å²) in [5, 5.41) is 3.58. The van der Waals surface area contributed by atoms with Crippen LogP contribution in [0.5, 0.6) is 0 Å². The number of allylic oxidation sites excluding steroid dienone is 1. The number of nitrogens with two attached hydrogens (primary N) is 1. The van der Waals surface area contributed by atoms with Gasteiger partial charge in [0.05, 0.1) is 5.70 Å². The molecular weight excluding hydrogens is 146 g/mol. The molecule has 2 N–H and O–H groups in total. The molecule has 1 aromatic heterocycles. The minimum Gasteiger partial charge on any atom is -0.396 e. The van der Waals surface area contributed by atoms with Crippen molar-refractivity contribution in [3.63, 3.8) is 0 Å². The van der Waals surface area contributed by atoms with E-state index in [9.17, 15) is 4.79 Å². The molecule has 1 aromatic rings. The Balaban J connectivity index is 2.88. The zero-order chi connectivity index (χ0) is 7.56. The Morgan fingerprint density at radius 1 is 1.70 bits per heavy atom. The summed E-state index contributed by atoms with van der Waals surface area (Å²) in [5.41, 5.74) is 5.91. The van der Waals surface area contributed by atoms with E-state index < -0.39 is 0 Å². The lowest BCUT2D eigenvalue weighted by molar-refractivity contribution is 0.103. The van der Waals surface area contributed by atoms with E-state index in [2.05, 4.69) is 6.58 Å². The molecule has 0 aliphatic rings. The van der Waals surface area contributed by atoms with Crippen molar-refractivity contribution in [2.24, 2.45) is 5.73 Å². The van der Waals surface area contributed by atoms with Crippen LogP contribution >= 0.6 is 11.3 Å². The molecule has 0 saturated carbocycles. The minimum atomic E-state index is -0.179. The molecule has 0 unspecified atom stereocenters. The number of rotatable bonds is 2. The van der Waals surface area contributed by atoms with Gasteiger partial charge in [0.1, 0.15) is 0 Å². The van der Waals surface area contributed by atoms with Gasteiger partial charge in [-0.15, -0.1) is 0 Å². The van der Waals surface area contributed by atoms with E-state index in [1.54, 1.807) is 11.4 Å². The van der Waals surface area contributed by atoms with Crippen molar-refractivity contribution in [2.75, 3.05) is 0 Å². The van der Waals surface area contributed by atoms with Crippen molar-refractivity contribution in [1.29, 1.82) is 0 Å². The molecule has 0 aromatic carbocycles. The molecule has 0 spiro atoms. The lowest BCUT2D eigenvalue weighted by Gasteiger charge is -1.92. The molecule has 0 atom stereocenters. The molecule has 0 amide bonds. The molecule has 1 heterocycles. The maximum absolute atomic E-state index is 11.0. The maximum Gasteiger partial charge on any atom is 0.208 e. The number of carbonyl (C=O) groups excluding carboxylic acids is 1. The average Bonchev–Trinajstić information content (AvgIpc) is 2.36. The van der Waals surface area contributed by atoms with Crippen molar-refractivity contribution in [3.05, 3.63) is 34.7 Å². The molecule has 0 saturated heterocycles. The van der Waals surface area contributed by atoms with Gasteiger partial charge in [-0.05, 0) is 11.4 Å². The molecular formula is C7H7NOS. The largest absolute Gasteiger partial charge is 0.396 e. The smallest absolute Gasteiger partial charge is 0.208 e. The van der Waals surface area contributed by atoms with E-state index in [1.165, 1.54) is 11.3 Å². The van der Waals surface area contributed by atoms with E-state index in [4.69, 9.17) is 5.73 Å². The third kappa shape index (κ3) is 1.25. The van der Waals surface area contributed by atoms with E-state index in [0.717, 1.165) is 0 Å². The van der Waals surface area contributed by atoms with Crippen molar-refractivity contribution in [1.82, 2.24) is 0 Å². The quantitative estimate of drug-likeness (QED) is 0.515. The normalized spacial score (nSPS) is 9.20. The Kier molecular flexibility index (Phi) is 1.87. The van der Waals surface area contributed by atoms with Crippen molar-refractivity contribution in [2.45, 2.75) is 0 Å². The van der Waals surface area contributed by atoms with Crippen LogP contribution in [0.4, 0.5) is 0 Å². The van der Waals surface area contributed by atoms with Gasteiger partial charge in [0.25, 0.3) is 0 Å². The Morgan fingerprint density at radius 3 is 2.80 bits per heavy atom. The fourth-order valence-electron chi connectivity index (χ4n) is 0.579. The molecule has 1 rings (SSSR count). The Labute approximate surface area is 63.0 Å². The van der Waals surface area contributed by atoms with Crippen LogP contribution in [0.2, 0.25) is 0 Å². The summed E-state index contributed by atoms with van der Waals surface area (Å²) in [4.78, 5) is 11.0. The number of Topliss-reactive ketones (excluding diaryl/α,β-unsaturated/α-hetero) is 1. The lowest BCUT2D eigenvalue weighted by atomic mass is 10.2. The summed E-state index contributed by atoms with van der Waals surface area (Å²) < 4.78 is 0. The molecule has 0 radical (unpaired) electrons. The van der Waals surface area contributed by atoms with E-state index in [1.807, 2.05) is 5.38 Å². The van der Waals surface area contributed by atoms with Crippen LogP contribution in [0, 0.1) is 0 Å². The van der Waals surface area contributed by atoms with Gasteiger partial charge in [0, 0.05) is 10.9 Å². The van der Waals surface area contributed by atoms with Gasteiger partial charge < -0.3 is 5.73 Å². The van der Waals surface area contributed by atoms with Crippen LogP contribution in [-0.4, -0.2) is 5.78 Å². The highest BCUT2D eigenvalue weighted by Gasteiger charge is 2.05. The number of hydrogen-bond donors (Lipinski definition) is 1. The standard InChI is InChI=1S/C7H7NOS/c1-5(8)7(9)6-2-3-10-4-6/h2-4H,1,8H2. The van der Waals surface area contributed by atoms with Crippen LogP contribution in [0.3, 0.4) is 0 Å². The molecule has 2 nitrogen and oxygen atoms in total. The minimum absolute atomic E-state index is 0.0957. The highest BCUT2D eigenvalue weighted by molar-refractivity contribution is 7.08. The highest BCUT2D eigenvalue weighted by atomic mass is 32.1. The summed E-state index contributed by atoms with van der Waals surface area (Å²) in [6.07, 6.45) is 0. The first-order valence-electron chi connectivity index (χ1n) is 2.73. The predicted molar refractivity (Wildman–Crippen MR) is 42.0 cm³/mol. The summed E-state index contributed by atoms with van der Waals surface area (Å²) >= 11 is 1.47. The third-order valence-electron chi connectivity index (χ3n) is 1.08. The highest BCUT2D eigenvalue weighted by Crippen LogP contribution is 2.08. The third-order valence-corrected chi connectivity index (χ3v) is 1.76. The second-order valence-electron chi connectivity index (χ2n) is 1.87. The van der Waals surface area contributed by atoms with Crippen molar-refractivity contribution in [3.8, 4) is 0 Å². The maximum atomic E-state index is 11.0. The molecule has 0 aliphatic carbocycles. The number of carbonyl (C=O) groups is 1. The van der Waals surface area contributed by atoms with E-state index in [-0.39, 0.29) is 11.5 Å². The Morgan fingerprint density at radius 2 is 2.40 bits per heavy atom. The van der Waals surface area contributed by atoms with Crippen LogP contribution in [0.25, 0.3) is 0 Å². The second kappa shape index (κ2) is 2.66. The fraction of sp³-hybridized carbons (Fsp3) is 0. The molecule has 0 bridgehead atoms. The first-order valence-corrected chi connectivity index (χ1v) is 3.67. The van der Waals surface area contributed by atoms with Crippen molar-refractivity contribution < 1.29 is 4.79 Å². The first-order chi connectivity index (χ1) is 4.72. The number of thiophene rings is 1. The summed E-state index contributed by atoms with van der Waals surface area (Å²) in [6, 6.07) is 1.73. The van der Waals surface area contributed by atoms with Crippen LogP contribution in [-0.2, 0) is 0 Å². The van der Waals surface area contributed by atoms with Gasteiger partial charge in [0.2, 0.25) is 5.78 Å². The molecule has 52 valence electrons. The van der Waals surface area contributed by atoms with Gasteiger partial charge in [-0.3, -0.25) is 4.79 Å². The molecule has 0 fully saturated rings. The summed E-state index contributed by atoms with van der Waals surface area (Å²) in [7, 11) is 0. The lowest BCUT2D eigenvalue weighted by Crippen LogP contribution is -2.08. The molecule has 10 heavy (non-hydrogen) atoms. The number of hydrogen-bond acceptors (Lipinski definition) is 3. The van der Waals surface area contributed by atoms with Gasteiger partial charge in [-0.1, -0.05) is 6.58 Å².